The topological polar surface area (TPSA) is 105 Å². The molecule has 1 saturated heterocycles. The molecule has 2 aromatic rings. The number of anilines is 1. The third kappa shape index (κ3) is 3.91. The summed E-state index contributed by atoms with van der Waals surface area (Å²) in [5.74, 6) is -0.492. The second-order valence-corrected chi connectivity index (χ2v) is 11.6. The number of furan rings is 1. The molecule has 3 heterocycles. The van der Waals surface area contributed by atoms with Crippen LogP contribution in [0, 0.1) is 0 Å². The van der Waals surface area contributed by atoms with Crippen molar-refractivity contribution >= 4 is 31.5 Å². The maximum absolute atomic E-state index is 13.1. The number of aryl methyl sites for hydroxylation is 1. The molecular weight excluding hydrogens is 428 g/mol. The molecule has 1 fully saturated rings. The number of carbonyl (C=O) groups is 1. The number of nitrogens with zero attached hydrogens (tertiary/aromatic N) is 2. The maximum atomic E-state index is 13.1. The van der Waals surface area contributed by atoms with Gasteiger partial charge in [0.05, 0.1) is 4.90 Å². The van der Waals surface area contributed by atoms with Crippen LogP contribution in [0.25, 0.3) is 0 Å². The van der Waals surface area contributed by atoms with E-state index in [-0.39, 0.29) is 15.7 Å². The molecule has 1 amide bonds. The summed E-state index contributed by atoms with van der Waals surface area (Å²) in [5.41, 5.74) is 1.39. The van der Waals surface area contributed by atoms with E-state index >= 15 is 0 Å². The predicted octanol–water partition coefficient (Wildman–Crippen LogP) is 2.45. The van der Waals surface area contributed by atoms with Gasteiger partial charge >= 0.3 is 0 Å². The number of rotatable bonds is 4. The smallest absolute Gasteiger partial charge is 0.294 e. The number of sulfonamides is 1. The Bertz CT molecular complexity index is 1180. The molecule has 0 atom stereocenters. The molecule has 10 heteroatoms. The van der Waals surface area contributed by atoms with Crippen molar-refractivity contribution < 1.29 is 26.0 Å². The van der Waals surface area contributed by atoms with E-state index in [1.165, 1.54) is 27.4 Å². The molecule has 0 radical (unpaired) electrons. The number of amides is 1. The molecule has 0 spiro atoms. The summed E-state index contributed by atoms with van der Waals surface area (Å²) in [6.45, 7) is 1.35. The van der Waals surface area contributed by atoms with E-state index in [1.54, 1.807) is 12.1 Å². The number of piperidine rings is 1. The fourth-order valence-corrected chi connectivity index (χ4v) is 6.05. The number of sulfone groups is 1. The van der Waals surface area contributed by atoms with Crippen molar-refractivity contribution in [3.8, 4) is 0 Å². The monoisotopic (exact) mass is 452 g/mol. The zero-order chi connectivity index (χ0) is 21.5. The second-order valence-electron chi connectivity index (χ2n) is 7.71. The van der Waals surface area contributed by atoms with E-state index in [0.29, 0.717) is 38.2 Å². The molecule has 0 aliphatic carbocycles. The van der Waals surface area contributed by atoms with E-state index in [1.807, 2.05) is 0 Å². The van der Waals surface area contributed by atoms with Gasteiger partial charge in [-0.25, -0.2) is 16.8 Å². The Balaban J connectivity index is 1.61. The molecule has 0 saturated carbocycles. The molecule has 1 aromatic carbocycles. The van der Waals surface area contributed by atoms with Crippen molar-refractivity contribution in [2.45, 2.75) is 42.1 Å². The van der Waals surface area contributed by atoms with Crippen LogP contribution in [-0.2, 0) is 26.3 Å². The quantitative estimate of drug-likeness (QED) is 0.706. The van der Waals surface area contributed by atoms with Gasteiger partial charge in [0.1, 0.15) is 0 Å². The van der Waals surface area contributed by atoms with Crippen LogP contribution in [0.5, 0.6) is 0 Å². The minimum absolute atomic E-state index is 0.0503. The predicted molar refractivity (Wildman–Crippen MR) is 111 cm³/mol. The van der Waals surface area contributed by atoms with Gasteiger partial charge in [-0.2, -0.15) is 4.31 Å². The minimum atomic E-state index is -3.76. The molecule has 1 aromatic heterocycles. The maximum Gasteiger partial charge on any atom is 0.294 e. The van der Waals surface area contributed by atoms with Crippen LogP contribution >= 0.6 is 0 Å². The largest absolute Gasteiger partial charge is 0.438 e. The highest BCUT2D eigenvalue weighted by atomic mass is 32.2. The van der Waals surface area contributed by atoms with Gasteiger partial charge in [0.15, 0.2) is 15.6 Å². The van der Waals surface area contributed by atoms with Crippen LogP contribution in [0.2, 0.25) is 0 Å². The molecule has 0 bridgehead atoms. The summed E-state index contributed by atoms with van der Waals surface area (Å²) in [5, 5.41) is -0.225. The Morgan fingerprint density at radius 2 is 1.67 bits per heavy atom. The lowest BCUT2D eigenvalue weighted by Crippen LogP contribution is -2.36. The summed E-state index contributed by atoms with van der Waals surface area (Å²) in [4.78, 5) is 14.8. The van der Waals surface area contributed by atoms with Crippen molar-refractivity contribution in [1.29, 1.82) is 0 Å². The standard InChI is InChI=1S/C20H24N2O6S2/c1-29(24,25)16-7-8-17-15(14-16)6-5-13-22(17)20(23)18-9-10-19(28-18)30(26,27)21-11-3-2-4-12-21/h7-10,14H,2-6,11-13H2,1H3. The SMILES string of the molecule is CS(=O)(=O)c1ccc2c(c1)CCCN2C(=O)c1ccc(S(=O)(=O)N2CCCCC2)o1. The fraction of sp³-hybridized carbons (Fsp3) is 0.450. The summed E-state index contributed by atoms with van der Waals surface area (Å²) in [6, 6.07) is 7.41. The molecule has 2 aliphatic rings. The Hall–Kier alpha value is -2.17. The van der Waals surface area contributed by atoms with Crippen LogP contribution in [0.4, 0.5) is 5.69 Å². The summed E-state index contributed by atoms with van der Waals surface area (Å²) in [6.07, 6.45) is 5.11. The molecule has 162 valence electrons. The van der Waals surface area contributed by atoms with Gasteiger partial charge in [0.2, 0.25) is 5.09 Å². The van der Waals surface area contributed by atoms with Crippen LogP contribution in [0.3, 0.4) is 0 Å². The van der Waals surface area contributed by atoms with Crippen LogP contribution in [-0.4, -0.2) is 52.9 Å². The van der Waals surface area contributed by atoms with E-state index in [9.17, 15) is 21.6 Å². The second kappa shape index (κ2) is 7.82. The molecule has 4 rings (SSSR count). The van der Waals surface area contributed by atoms with E-state index < -0.39 is 25.8 Å². The zero-order valence-corrected chi connectivity index (χ0v) is 18.3. The summed E-state index contributed by atoms with van der Waals surface area (Å²) < 4.78 is 56.1. The van der Waals surface area contributed by atoms with Crippen molar-refractivity contribution in [1.82, 2.24) is 4.31 Å². The first-order chi connectivity index (χ1) is 14.2. The lowest BCUT2D eigenvalue weighted by molar-refractivity contribution is 0.0953. The number of benzene rings is 1. The van der Waals surface area contributed by atoms with Gasteiger partial charge < -0.3 is 9.32 Å². The van der Waals surface area contributed by atoms with Crippen LogP contribution < -0.4 is 4.90 Å². The van der Waals surface area contributed by atoms with E-state index in [2.05, 4.69) is 0 Å². The fourth-order valence-electron chi connectivity index (χ4n) is 3.95. The Labute approximate surface area is 176 Å². The first kappa shape index (κ1) is 21.1. The molecule has 2 aliphatic heterocycles. The van der Waals surface area contributed by atoms with Gasteiger partial charge in [-0.15, -0.1) is 0 Å². The van der Waals surface area contributed by atoms with Crippen molar-refractivity contribution in [3.05, 3.63) is 41.7 Å². The van der Waals surface area contributed by atoms with Gasteiger partial charge in [-0.1, -0.05) is 6.42 Å². The lowest BCUT2D eigenvalue weighted by atomic mass is 10.0. The average Bonchev–Trinajstić information content (AvgIpc) is 3.23. The van der Waals surface area contributed by atoms with E-state index in [0.717, 1.165) is 31.1 Å². The van der Waals surface area contributed by atoms with Crippen LogP contribution in [0.1, 0.15) is 41.8 Å². The first-order valence-electron chi connectivity index (χ1n) is 9.93. The zero-order valence-electron chi connectivity index (χ0n) is 16.7. The minimum Gasteiger partial charge on any atom is -0.438 e. The number of carbonyl (C=O) groups excluding carboxylic acids is 1. The third-order valence-electron chi connectivity index (χ3n) is 5.54. The molecule has 30 heavy (non-hydrogen) atoms. The number of hydrogen-bond acceptors (Lipinski definition) is 6. The highest BCUT2D eigenvalue weighted by molar-refractivity contribution is 7.90. The summed E-state index contributed by atoms with van der Waals surface area (Å²) >= 11 is 0. The van der Waals surface area contributed by atoms with Gasteiger partial charge in [0, 0.05) is 31.6 Å². The Morgan fingerprint density at radius 3 is 2.37 bits per heavy atom. The first-order valence-corrected chi connectivity index (χ1v) is 13.3. The van der Waals surface area contributed by atoms with Crippen molar-refractivity contribution in [2.24, 2.45) is 0 Å². The van der Waals surface area contributed by atoms with Gasteiger partial charge in [0.25, 0.3) is 15.9 Å². The lowest BCUT2D eigenvalue weighted by Gasteiger charge is -2.29. The van der Waals surface area contributed by atoms with Crippen LogP contribution in [0.15, 0.2) is 44.7 Å². The molecular formula is C20H24N2O6S2. The van der Waals surface area contributed by atoms with Gasteiger partial charge in [-0.3, -0.25) is 4.79 Å². The van der Waals surface area contributed by atoms with Crippen molar-refractivity contribution in [3.63, 3.8) is 0 Å². The van der Waals surface area contributed by atoms with Crippen molar-refractivity contribution in [2.75, 3.05) is 30.8 Å². The number of fused-ring (bicyclic) bond motifs is 1. The van der Waals surface area contributed by atoms with Gasteiger partial charge in [-0.05, 0) is 61.6 Å². The normalized spacial score (nSPS) is 18.2. The number of hydrogen-bond donors (Lipinski definition) is 0. The highest BCUT2D eigenvalue weighted by Crippen LogP contribution is 2.31. The average molecular weight is 453 g/mol. The van der Waals surface area contributed by atoms with E-state index in [4.69, 9.17) is 4.42 Å². The third-order valence-corrected chi connectivity index (χ3v) is 8.43. The summed E-state index contributed by atoms with van der Waals surface area (Å²) in [7, 11) is -7.10. The molecule has 8 nitrogen and oxygen atoms in total. The Morgan fingerprint density at radius 1 is 0.933 bits per heavy atom. The Kier molecular flexibility index (Phi) is 5.50. The molecule has 0 unspecified atom stereocenters. The molecule has 0 N–H and O–H groups in total. The highest BCUT2D eigenvalue weighted by Gasteiger charge is 2.32.